The molecule has 1 heterocycles. The predicted octanol–water partition coefficient (Wildman–Crippen LogP) is 2.98. The summed E-state index contributed by atoms with van der Waals surface area (Å²) in [6, 6.07) is 3.80. The highest BCUT2D eigenvalue weighted by atomic mass is 19.2. The van der Waals surface area contributed by atoms with E-state index in [1.807, 2.05) is 13.8 Å². The van der Waals surface area contributed by atoms with E-state index in [0.29, 0.717) is 24.2 Å². The molecule has 0 saturated heterocycles. The quantitative estimate of drug-likeness (QED) is 0.893. The SMILES string of the molecule is CC(C)c1nc(-c2ccc(F)c(F)c2)c(CCN)[nH]1. The summed E-state index contributed by atoms with van der Waals surface area (Å²) < 4.78 is 26.3. The molecule has 0 radical (unpaired) electrons. The van der Waals surface area contributed by atoms with Gasteiger partial charge in [-0.05, 0) is 24.7 Å². The molecule has 0 saturated carbocycles. The monoisotopic (exact) mass is 265 g/mol. The van der Waals surface area contributed by atoms with Gasteiger partial charge in [0.25, 0.3) is 0 Å². The number of aromatic amines is 1. The first-order valence-electron chi connectivity index (χ1n) is 6.27. The summed E-state index contributed by atoms with van der Waals surface area (Å²) in [5.74, 6) is -0.673. The molecule has 102 valence electrons. The van der Waals surface area contributed by atoms with Crippen LogP contribution in [0.4, 0.5) is 8.78 Å². The fourth-order valence-electron chi connectivity index (χ4n) is 1.91. The van der Waals surface area contributed by atoms with Gasteiger partial charge in [-0.15, -0.1) is 0 Å². The van der Waals surface area contributed by atoms with Crippen LogP contribution in [0.3, 0.4) is 0 Å². The number of aromatic nitrogens is 2. The van der Waals surface area contributed by atoms with Crippen LogP contribution in [0.15, 0.2) is 18.2 Å². The van der Waals surface area contributed by atoms with Crippen molar-refractivity contribution < 1.29 is 8.78 Å². The molecule has 2 aromatic rings. The normalized spacial score (nSPS) is 11.3. The maximum atomic E-state index is 13.3. The van der Waals surface area contributed by atoms with Gasteiger partial charge < -0.3 is 10.7 Å². The van der Waals surface area contributed by atoms with Crippen molar-refractivity contribution in [1.82, 2.24) is 9.97 Å². The van der Waals surface area contributed by atoms with Crippen LogP contribution in [0.1, 0.15) is 31.3 Å². The third-order valence-electron chi connectivity index (χ3n) is 2.93. The lowest BCUT2D eigenvalue weighted by atomic mass is 10.1. The molecular formula is C14H17F2N3. The number of H-pyrrole nitrogens is 1. The van der Waals surface area contributed by atoms with Gasteiger partial charge in [-0.2, -0.15) is 0 Å². The number of hydrogen-bond acceptors (Lipinski definition) is 2. The Labute approximate surface area is 110 Å². The number of nitrogens with two attached hydrogens (primary N) is 1. The number of benzene rings is 1. The van der Waals surface area contributed by atoms with Crippen LogP contribution in [-0.4, -0.2) is 16.5 Å². The molecule has 5 heteroatoms. The molecule has 2 rings (SSSR count). The van der Waals surface area contributed by atoms with E-state index in [2.05, 4.69) is 9.97 Å². The zero-order valence-corrected chi connectivity index (χ0v) is 11.0. The van der Waals surface area contributed by atoms with E-state index in [-0.39, 0.29) is 5.92 Å². The molecule has 19 heavy (non-hydrogen) atoms. The highest BCUT2D eigenvalue weighted by molar-refractivity contribution is 5.62. The summed E-state index contributed by atoms with van der Waals surface area (Å²) >= 11 is 0. The highest BCUT2D eigenvalue weighted by Gasteiger charge is 2.15. The lowest BCUT2D eigenvalue weighted by molar-refractivity contribution is 0.509. The van der Waals surface area contributed by atoms with Crippen molar-refractivity contribution in [2.75, 3.05) is 6.54 Å². The van der Waals surface area contributed by atoms with Crippen LogP contribution < -0.4 is 5.73 Å². The van der Waals surface area contributed by atoms with Gasteiger partial charge in [-0.25, -0.2) is 13.8 Å². The van der Waals surface area contributed by atoms with Crippen molar-refractivity contribution in [3.63, 3.8) is 0 Å². The number of hydrogen-bond donors (Lipinski definition) is 2. The minimum atomic E-state index is -0.870. The van der Waals surface area contributed by atoms with Crippen molar-refractivity contribution >= 4 is 0 Å². The minimum Gasteiger partial charge on any atom is -0.345 e. The molecule has 0 amide bonds. The molecule has 0 aliphatic heterocycles. The topological polar surface area (TPSA) is 54.7 Å². The standard InChI is InChI=1S/C14H17F2N3/c1-8(2)14-18-12(5-6-17)13(19-14)9-3-4-10(15)11(16)7-9/h3-4,7-8H,5-6,17H2,1-2H3,(H,18,19). The van der Waals surface area contributed by atoms with E-state index in [4.69, 9.17) is 5.73 Å². The Balaban J connectivity index is 2.49. The molecule has 0 aliphatic rings. The van der Waals surface area contributed by atoms with E-state index in [1.165, 1.54) is 6.07 Å². The van der Waals surface area contributed by atoms with Crippen LogP contribution in [-0.2, 0) is 6.42 Å². The smallest absolute Gasteiger partial charge is 0.159 e. The lowest BCUT2D eigenvalue weighted by Gasteiger charge is -2.02. The van der Waals surface area contributed by atoms with Crippen molar-refractivity contribution in [1.29, 1.82) is 0 Å². The fourth-order valence-corrected chi connectivity index (χ4v) is 1.91. The van der Waals surface area contributed by atoms with Gasteiger partial charge in [-0.1, -0.05) is 13.8 Å². The molecule has 0 aliphatic carbocycles. The number of rotatable bonds is 4. The van der Waals surface area contributed by atoms with E-state index in [9.17, 15) is 8.78 Å². The third kappa shape index (κ3) is 2.81. The summed E-state index contributed by atoms with van der Waals surface area (Å²) in [6.07, 6.45) is 0.619. The maximum Gasteiger partial charge on any atom is 0.159 e. The van der Waals surface area contributed by atoms with Crippen LogP contribution in [0.2, 0.25) is 0 Å². The predicted molar refractivity (Wildman–Crippen MR) is 70.8 cm³/mol. The fraction of sp³-hybridized carbons (Fsp3) is 0.357. The average molecular weight is 265 g/mol. The summed E-state index contributed by atoms with van der Waals surface area (Å²) in [6.45, 7) is 4.50. The van der Waals surface area contributed by atoms with Crippen LogP contribution in [0.25, 0.3) is 11.3 Å². The van der Waals surface area contributed by atoms with E-state index in [0.717, 1.165) is 23.7 Å². The Kier molecular flexibility index (Phi) is 3.95. The van der Waals surface area contributed by atoms with E-state index in [1.54, 1.807) is 0 Å². The summed E-state index contributed by atoms with van der Waals surface area (Å²) in [5.41, 5.74) is 7.63. The van der Waals surface area contributed by atoms with E-state index < -0.39 is 11.6 Å². The Bertz CT molecular complexity index is 576. The Morgan fingerprint density at radius 2 is 2.00 bits per heavy atom. The summed E-state index contributed by atoms with van der Waals surface area (Å²) in [7, 11) is 0. The first-order valence-corrected chi connectivity index (χ1v) is 6.27. The molecule has 3 N–H and O–H groups in total. The zero-order valence-electron chi connectivity index (χ0n) is 11.0. The van der Waals surface area contributed by atoms with Crippen molar-refractivity contribution in [3.8, 4) is 11.3 Å². The first kappa shape index (κ1) is 13.7. The Hall–Kier alpha value is -1.75. The second-order valence-electron chi connectivity index (χ2n) is 4.77. The maximum absolute atomic E-state index is 13.3. The number of nitrogens with one attached hydrogen (secondary N) is 1. The number of halogens is 2. The molecule has 1 aromatic carbocycles. The van der Waals surface area contributed by atoms with Crippen LogP contribution in [0.5, 0.6) is 0 Å². The lowest BCUT2D eigenvalue weighted by Crippen LogP contribution is -2.04. The average Bonchev–Trinajstić information content (AvgIpc) is 2.77. The summed E-state index contributed by atoms with van der Waals surface area (Å²) in [5, 5.41) is 0. The molecule has 0 atom stereocenters. The van der Waals surface area contributed by atoms with Gasteiger partial charge in [0.2, 0.25) is 0 Å². The largest absolute Gasteiger partial charge is 0.345 e. The molecule has 3 nitrogen and oxygen atoms in total. The molecule has 0 fully saturated rings. The van der Waals surface area contributed by atoms with Gasteiger partial charge in [0.15, 0.2) is 11.6 Å². The third-order valence-corrected chi connectivity index (χ3v) is 2.93. The number of nitrogens with zero attached hydrogens (tertiary/aromatic N) is 1. The molecule has 0 bridgehead atoms. The van der Waals surface area contributed by atoms with Crippen LogP contribution >= 0.6 is 0 Å². The van der Waals surface area contributed by atoms with Crippen molar-refractivity contribution in [3.05, 3.63) is 41.4 Å². The van der Waals surface area contributed by atoms with Gasteiger partial charge >= 0.3 is 0 Å². The molecule has 1 aromatic heterocycles. The van der Waals surface area contributed by atoms with Crippen molar-refractivity contribution in [2.45, 2.75) is 26.2 Å². The highest BCUT2D eigenvalue weighted by Crippen LogP contribution is 2.26. The van der Waals surface area contributed by atoms with Crippen LogP contribution in [0, 0.1) is 11.6 Å². The first-order chi connectivity index (χ1) is 9.02. The molecule has 0 unspecified atom stereocenters. The second-order valence-corrected chi connectivity index (χ2v) is 4.77. The second kappa shape index (κ2) is 5.48. The van der Waals surface area contributed by atoms with Crippen molar-refractivity contribution in [2.24, 2.45) is 5.73 Å². The van der Waals surface area contributed by atoms with Gasteiger partial charge in [-0.3, -0.25) is 0 Å². The van der Waals surface area contributed by atoms with Gasteiger partial charge in [0, 0.05) is 23.6 Å². The van der Waals surface area contributed by atoms with E-state index >= 15 is 0 Å². The Morgan fingerprint density at radius 3 is 2.58 bits per heavy atom. The molecular weight excluding hydrogens is 248 g/mol. The zero-order chi connectivity index (χ0) is 14.0. The van der Waals surface area contributed by atoms with Gasteiger partial charge in [0.05, 0.1) is 5.69 Å². The molecule has 0 spiro atoms. The number of imidazole rings is 1. The van der Waals surface area contributed by atoms with Gasteiger partial charge in [0.1, 0.15) is 5.82 Å². The summed E-state index contributed by atoms with van der Waals surface area (Å²) in [4.78, 5) is 7.68. The minimum absolute atomic E-state index is 0.232. The Morgan fingerprint density at radius 1 is 1.26 bits per heavy atom.